The third kappa shape index (κ3) is 5.97. The first-order chi connectivity index (χ1) is 16.7. The van der Waals surface area contributed by atoms with E-state index in [1.165, 1.54) is 12.1 Å². The normalized spacial score (nSPS) is 12.5. The Morgan fingerprint density at radius 3 is 2.29 bits per heavy atom. The maximum absolute atomic E-state index is 12.4. The Labute approximate surface area is 205 Å². The van der Waals surface area contributed by atoms with Crippen molar-refractivity contribution in [3.8, 4) is 17.0 Å². The second kappa shape index (κ2) is 10.4. The van der Waals surface area contributed by atoms with Crippen LogP contribution >= 0.6 is 0 Å². The minimum Gasteiger partial charge on any atom is -0.485 e. The van der Waals surface area contributed by atoms with Gasteiger partial charge in [0, 0.05) is 36.8 Å². The SMILES string of the molecule is Cc1ccc(S(=O)(=O)OCC(CO)Oc2ccc3ccc(-c4ccc(N(C)C)cc4)nc3c2)cc1. The Balaban J connectivity index is 1.49. The number of aliphatic hydroxyl groups is 1. The average Bonchev–Trinajstić information content (AvgIpc) is 2.86. The van der Waals surface area contributed by atoms with Crippen molar-refractivity contribution in [1.82, 2.24) is 4.98 Å². The van der Waals surface area contributed by atoms with E-state index < -0.39 is 22.8 Å². The van der Waals surface area contributed by atoms with E-state index in [1.54, 1.807) is 24.3 Å². The monoisotopic (exact) mass is 492 g/mol. The first kappa shape index (κ1) is 24.7. The number of aromatic nitrogens is 1. The molecule has 35 heavy (non-hydrogen) atoms. The molecule has 7 nitrogen and oxygen atoms in total. The van der Waals surface area contributed by atoms with Crippen molar-refractivity contribution in [3.63, 3.8) is 0 Å². The first-order valence-corrected chi connectivity index (χ1v) is 12.6. The molecule has 1 unspecified atom stereocenters. The van der Waals surface area contributed by atoms with Gasteiger partial charge in [-0.15, -0.1) is 0 Å². The van der Waals surface area contributed by atoms with Gasteiger partial charge in [-0.3, -0.25) is 4.18 Å². The lowest BCUT2D eigenvalue weighted by atomic mass is 10.1. The van der Waals surface area contributed by atoms with Gasteiger partial charge in [-0.25, -0.2) is 4.98 Å². The van der Waals surface area contributed by atoms with Gasteiger partial charge in [0.25, 0.3) is 10.1 Å². The van der Waals surface area contributed by atoms with Crippen molar-refractivity contribution in [1.29, 1.82) is 0 Å². The molecule has 0 radical (unpaired) electrons. The van der Waals surface area contributed by atoms with Crippen molar-refractivity contribution >= 4 is 26.7 Å². The molecule has 0 saturated carbocycles. The number of rotatable bonds is 9. The predicted molar refractivity (Wildman–Crippen MR) is 137 cm³/mol. The van der Waals surface area contributed by atoms with E-state index >= 15 is 0 Å². The summed E-state index contributed by atoms with van der Waals surface area (Å²) in [4.78, 5) is 6.86. The second-order valence-electron chi connectivity index (χ2n) is 8.47. The molecule has 4 rings (SSSR count). The third-order valence-electron chi connectivity index (χ3n) is 5.57. The number of hydrogen-bond acceptors (Lipinski definition) is 7. The lowest BCUT2D eigenvalue weighted by molar-refractivity contribution is 0.0742. The van der Waals surface area contributed by atoms with E-state index in [-0.39, 0.29) is 11.5 Å². The summed E-state index contributed by atoms with van der Waals surface area (Å²) in [5.41, 5.74) is 4.59. The summed E-state index contributed by atoms with van der Waals surface area (Å²) < 4.78 is 35.9. The number of aryl methyl sites for hydroxylation is 1. The van der Waals surface area contributed by atoms with Crippen molar-refractivity contribution in [2.24, 2.45) is 0 Å². The highest BCUT2D eigenvalue weighted by molar-refractivity contribution is 7.86. The van der Waals surface area contributed by atoms with Crippen LogP contribution in [0.3, 0.4) is 0 Å². The highest BCUT2D eigenvalue weighted by atomic mass is 32.2. The Morgan fingerprint density at radius 1 is 0.943 bits per heavy atom. The molecule has 1 atom stereocenters. The minimum absolute atomic E-state index is 0.0563. The van der Waals surface area contributed by atoms with Crippen LogP contribution in [0.15, 0.2) is 83.8 Å². The number of fused-ring (bicyclic) bond motifs is 1. The highest BCUT2D eigenvalue weighted by Crippen LogP contribution is 2.26. The van der Waals surface area contributed by atoms with Crippen LogP contribution in [0, 0.1) is 6.92 Å². The van der Waals surface area contributed by atoms with Gasteiger partial charge in [-0.05, 0) is 49.4 Å². The van der Waals surface area contributed by atoms with Gasteiger partial charge < -0.3 is 14.7 Å². The molecule has 1 aromatic heterocycles. The molecule has 182 valence electrons. The maximum Gasteiger partial charge on any atom is 0.297 e. The van der Waals surface area contributed by atoms with Gasteiger partial charge in [-0.1, -0.05) is 35.9 Å². The molecule has 4 aromatic rings. The van der Waals surface area contributed by atoms with Gasteiger partial charge in [0.15, 0.2) is 0 Å². The van der Waals surface area contributed by atoms with E-state index in [9.17, 15) is 13.5 Å². The molecule has 0 bridgehead atoms. The minimum atomic E-state index is -3.96. The van der Waals surface area contributed by atoms with E-state index in [1.807, 2.05) is 68.4 Å². The Hall–Kier alpha value is -3.46. The number of pyridine rings is 1. The average molecular weight is 493 g/mol. The Morgan fingerprint density at radius 2 is 1.63 bits per heavy atom. The van der Waals surface area contributed by atoms with Crippen molar-refractivity contribution < 1.29 is 22.4 Å². The first-order valence-electron chi connectivity index (χ1n) is 11.2. The van der Waals surface area contributed by atoms with Gasteiger partial charge in [0.05, 0.1) is 22.7 Å². The second-order valence-corrected chi connectivity index (χ2v) is 10.1. The van der Waals surface area contributed by atoms with Gasteiger partial charge in [-0.2, -0.15) is 8.42 Å². The van der Waals surface area contributed by atoms with Crippen LogP contribution in [0.5, 0.6) is 5.75 Å². The summed E-state index contributed by atoms with van der Waals surface area (Å²) in [5, 5.41) is 10.7. The number of ether oxygens (including phenoxy) is 1. The molecule has 0 aliphatic heterocycles. The fourth-order valence-electron chi connectivity index (χ4n) is 3.52. The lowest BCUT2D eigenvalue weighted by Crippen LogP contribution is -2.28. The zero-order valence-corrected chi connectivity index (χ0v) is 20.7. The topological polar surface area (TPSA) is 89.0 Å². The van der Waals surface area contributed by atoms with Gasteiger partial charge in [0.1, 0.15) is 18.5 Å². The summed E-state index contributed by atoms with van der Waals surface area (Å²) in [5.74, 6) is 0.459. The smallest absolute Gasteiger partial charge is 0.297 e. The maximum atomic E-state index is 12.4. The molecule has 0 aliphatic rings. The number of anilines is 1. The summed E-state index contributed by atoms with van der Waals surface area (Å²) in [6.07, 6.45) is -0.866. The number of hydrogen-bond donors (Lipinski definition) is 1. The van der Waals surface area contributed by atoms with Crippen LogP contribution in [0.4, 0.5) is 5.69 Å². The highest BCUT2D eigenvalue weighted by Gasteiger charge is 2.19. The largest absolute Gasteiger partial charge is 0.485 e. The van der Waals surface area contributed by atoms with Crippen LogP contribution in [-0.4, -0.2) is 51.9 Å². The fraction of sp³-hybridized carbons (Fsp3) is 0.222. The summed E-state index contributed by atoms with van der Waals surface area (Å²) in [6, 6.07) is 23.8. The number of nitrogens with zero attached hydrogens (tertiary/aromatic N) is 2. The van der Waals surface area contributed by atoms with Gasteiger partial charge in [0.2, 0.25) is 0 Å². The van der Waals surface area contributed by atoms with Crippen LogP contribution < -0.4 is 9.64 Å². The Bertz CT molecular complexity index is 1400. The third-order valence-corrected chi connectivity index (χ3v) is 6.86. The van der Waals surface area contributed by atoms with Crippen LogP contribution in [-0.2, 0) is 14.3 Å². The number of benzene rings is 3. The molecule has 0 amide bonds. The molecule has 0 aliphatic carbocycles. The van der Waals surface area contributed by atoms with Gasteiger partial charge >= 0.3 is 0 Å². The molecule has 0 spiro atoms. The van der Waals surface area contributed by atoms with E-state index in [4.69, 9.17) is 13.9 Å². The number of aliphatic hydroxyl groups excluding tert-OH is 1. The zero-order valence-electron chi connectivity index (χ0n) is 19.9. The van der Waals surface area contributed by atoms with E-state index in [0.717, 1.165) is 33.4 Å². The molecule has 8 heteroatoms. The van der Waals surface area contributed by atoms with Crippen LogP contribution in [0.1, 0.15) is 5.56 Å². The van der Waals surface area contributed by atoms with Crippen LogP contribution in [0.25, 0.3) is 22.2 Å². The fourth-order valence-corrected chi connectivity index (χ4v) is 4.45. The zero-order chi connectivity index (χ0) is 25.0. The molecular weight excluding hydrogens is 464 g/mol. The van der Waals surface area contributed by atoms with Crippen molar-refractivity contribution in [2.45, 2.75) is 17.9 Å². The molecular formula is C27H28N2O5S. The summed E-state index contributed by atoms with van der Waals surface area (Å²) in [7, 11) is 0.0265. The summed E-state index contributed by atoms with van der Waals surface area (Å²) >= 11 is 0. The van der Waals surface area contributed by atoms with E-state index in [2.05, 4.69) is 0 Å². The molecule has 1 heterocycles. The standard InChI is InChI=1S/C27H28N2O5S/c1-19-4-13-25(14-5-19)35(31,32)33-18-24(17-30)34-23-12-8-21-9-15-26(28-27(21)16-23)20-6-10-22(11-7-20)29(2)3/h4-16,24,30H,17-18H2,1-3H3. The van der Waals surface area contributed by atoms with Crippen molar-refractivity contribution in [2.75, 3.05) is 32.2 Å². The predicted octanol–water partition coefficient (Wildman–Crippen LogP) is 4.42. The summed E-state index contributed by atoms with van der Waals surface area (Å²) in [6.45, 7) is 1.14. The molecule has 3 aromatic carbocycles. The Kier molecular flexibility index (Phi) is 7.35. The molecule has 0 fully saturated rings. The van der Waals surface area contributed by atoms with Crippen molar-refractivity contribution in [3.05, 3.63) is 84.4 Å². The molecule has 1 N–H and O–H groups in total. The lowest BCUT2D eigenvalue weighted by Gasteiger charge is -2.17. The van der Waals surface area contributed by atoms with Crippen LogP contribution in [0.2, 0.25) is 0 Å². The molecule has 0 saturated heterocycles. The van der Waals surface area contributed by atoms with E-state index in [0.29, 0.717) is 5.75 Å². The quantitative estimate of drug-likeness (QED) is 0.346.